The number of rotatable bonds is 1. The summed E-state index contributed by atoms with van der Waals surface area (Å²) < 4.78 is 28.2. The standard InChI is InChI=1S/C12H18O7/c1-11(2)16-5-6(17-11)8-10(15-7(5)9(13)14)19-12(3,4)18-8/h5-8,10H,1-4H3,(H,13,14)/t5-,6+,7-,8-,10-/m1/s1. The summed E-state index contributed by atoms with van der Waals surface area (Å²) in [6, 6.07) is 0. The number of hydrogen-bond donors (Lipinski definition) is 1. The van der Waals surface area contributed by atoms with E-state index in [1.165, 1.54) is 0 Å². The van der Waals surface area contributed by atoms with Gasteiger partial charge in [-0.2, -0.15) is 0 Å². The number of carbonyl (C=O) groups is 1. The molecule has 108 valence electrons. The fourth-order valence-corrected chi connectivity index (χ4v) is 2.81. The van der Waals surface area contributed by atoms with Crippen LogP contribution in [0.3, 0.4) is 0 Å². The quantitative estimate of drug-likeness (QED) is 0.744. The van der Waals surface area contributed by atoms with Crippen LogP contribution in [0.25, 0.3) is 0 Å². The van der Waals surface area contributed by atoms with Crippen molar-refractivity contribution in [2.24, 2.45) is 0 Å². The van der Waals surface area contributed by atoms with E-state index in [4.69, 9.17) is 23.7 Å². The van der Waals surface area contributed by atoms with Crippen molar-refractivity contribution in [2.75, 3.05) is 0 Å². The van der Waals surface area contributed by atoms with Crippen LogP contribution in [0.15, 0.2) is 0 Å². The fraction of sp³-hybridized carbons (Fsp3) is 0.917. The Balaban J connectivity index is 1.91. The summed E-state index contributed by atoms with van der Waals surface area (Å²) in [7, 11) is 0. The molecule has 3 rings (SSSR count). The van der Waals surface area contributed by atoms with E-state index in [-0.39, 0.29) is 0 Å². The van der Waals surface area contributed by atoms with Crippen LogP contribution in [0.4, 0.5) is 0 Å². The number of carboxylic acids is 1. The van der Waals surface area contributed by atoms with Gasteiger partial charge < -0.3 is 28.8 Å². The Morgan fingerprint density at radius 3 is 2.05 bits per heavy atom. The van der Waals surface area contributed by atoms with Gasteiger partial charge in [-0.25, -0.2) is 4.79 Å². The van der Waals surface area contributed by atoms with E-state index in [0.29, 0.717) is 0 Å². The maximum Gasteiger partial charge on any atom is 0.335 e. The first kappa shape index (κ1) is 13.3. The number of aliphatic carboxylic acids is 1. The molecule has 0 radical (unpaired) electrons. The predicted molar refractivity (Wildman–Crippen MR) is 60.2 cm³/mol. The molecule has 5 atom stereocenters. The SMILES string of the molecule is CC1(C)O[C@H]2[C@@H](O1)[C@H](C(=O)O)O[C@@H]1OC(C)(C)O[C@@H]12. The molecule has 3 heterocycles. The van der Waals surface area contributed by atoms with Crippen LogP contribution in [0.5, 0.6) is 0 Å². The Morgan fingerprint density at radius 1 is 0.895 bits per heavy atom. The van der Waals surface area contributed by atoms with E-state index >= 15 is 0 Å². The molecule has 0 aliphatic carbocycles. The van der Waals surface area contributed by atoms with Crippen molar-refractivity contribution in [2.45, 2.75) is 70.0 Å². The number of ether oxygens (including phenoxy) is 5. The highest BCUT2D eigenvalue weighted by molar-refractivity contribution is 5.73. The Hall–Kier alpha value is -0.730. The summed E-state index contributed by atoms with van der Waals surface area (Å²) in [5.74, 6) is -2.79. The van der Waals surface area contributed by atoms with E-state index < -0.39 is 48.2 Å². The smallest absolute Gasteiger partial charge is 0.335 e. The van der Waals surface area contributed by atoms with Crippen molar-refractivity contribution in [1.82, 2.24) is 0 Å². The van der Waals surface area contributed by atoms with Crippen molar-refractivity contribution in [3.8, 4) is 0 Å². The summed E-state index contributed by atoms with van der Waals surface area (Å²) >= 11 is 0. The second-order valence-electron chi connectivity index (χ2n) is 5.93. The molecular weight excluding hydrogens is 256 g/mol. The summed E-state index contributed by atoms with van der Waals surface area (Å²) in [5.41, 5.74) is 0. The molecule has 19 heavy (non-hydrogen) atoms. The lowest BCUT2D eigenvalue weighted by molar-refractivity contribution is -0.237. The van der Waals surface area contributed by atoms with Crippen LogP contribution in [0.2, 0.25) is 0 Å². The predicted octanol–water partition coefficient (Wildman–Crippen LogP) is 0.467. The van der Waals surface area contributed by atoms with Gasteiger partial charge in [0.25, 0.3) is 0 Å². The van der Waals surface area contributed by atoms with E-state index in [1.807, 2.05) is 0 Å². The molecule has 0 aromatic heterocycles. The molecule has 0 aromatic carbocycles. The van der Waals surface area contributed by atoms with Crippen LogP contribution in [-0.2, 0) is 28.5 Å². The Labute approximate surface area is 110 Å². The van der Waals surface area contributed by atoms with Gasteiger partial charge in [0.15, 0.2) is 24.0 Å². The highest BCUT2D eigenvalue weighted by atomic mass is 16.9. The zero-order valence-electron chi connectivity index (χ0n) is 11.3. The van der Waals surface area contributed by atoms with E-state index in [0.717, 1.165) is 0 Å². The first-order valence-corrected chi connectivity index (χ1v) is 6.28. The largest absolute Gasteiger partial charge is 0.479 e. The van der Waals surface area contributed by atoms with Crippen LogP contribution < -0.4 is 0 Å². The highest BCUT2D eigenvalue weighted by Crippen LogP contribution is 2.43. The van der Waals surface area contributed by atoms with Crippen molar-refractivity contribution < 1.29 is 33.6 Å². The molecule has 0 spiro atoms. The second kappa shape index (κ2) is 3.89. The third-order valence-corrected chi connectivity index (χ3v) is 3.40. The lowest BCUT2D eigenvalue weighted by Gasteiger charge is -2.35. The van der Waals surface area contributed by atoms with E-state index in [9.17, 15) is 9.90 Å². The summed E-state index contributed by atoms with van der Waals surface area (Å²) in [5, 5.41) is 9.25. The topological polar surface area (TPSA) is 83.5 Å². The Kier molecular flexibility index (Phi) is 2.72. The molecule has 3 aliphatic heterocycles. The summed E-state index contributed by atoms with van der Waals surface area (Å²) in [4.78, 5) is 11.3. The lowest BCUT2D eigenvalue weighted by Crippen LogP contribution is -2.57. The van der Waals surface area contributed by atoms with Crippen LogP contribution in [-0.4, -0.2) is 53.4 Å². The van der Waals surface area contributed by atoms with Crippen molar-refractivity contribution in [3.05, 3.63) is 0 Å². The van der Waals surface area contributed by atoms with Gasteiger partial charge in [-0.15, -0.1) is 0 Å². The first-order chi connectivity index (χ1) is 8.69. The minimum absolute atomic E-state index is 0.489. The average Bonchev–Trinajstić information content (AvgIpc) is 2.70. The summed E-state index contributed by atoms with van der Waals surface area (Å²) in [6.45, 7) is 6.97. The third kappa shape index (κ3) is 2.15. The molecule has 0 unspecified atom stereocenters. The van der Waals surface area contributed by atoms with Gasteiger partial charge in [0.2, 0.25) is 0 Å². The number of fused-ring (bicyclic) bond motifs is 3. The van der Waals surface area contributed by atoms with Crippen molar-refractivity contribution in [1.29, 1.82) is 0 Å². The van der Waals surface area contributed by atoms with Gasteiger partial charge in [0, 0.05) is 0 Å². The van der Waals surface area contributed by atoms with Crippen LogP contribution in [0.1, 0.15) is 27.7 Å². The van der Waals surface area contributed by atoms with Gasteiger partial charge in [-0.1, -0.05) is 0 Å². The molecule has 1 N–H and O–H groups in total. The second-order valence-corrected chi connectivity index (χ2v) is 5.93. The molecule has 3 aliphatic rings. The average molecular weight is 274 g/mol. The molecule has 3 fully saturated rings. The van der Waals surface area contributed by atoms with Gasteiger partial charge in [0.1, 0.15) is 18.3 Å². The van der Waals surface area contributed by atoms with Gasteiger partial charge >= 0.3 is 5.97 Å². The monoisotopic (exact) mass is 274 g/mol. The van der Waals surface area contributed by atoms with E-state index in [2.05, 4.69) is 0 Å². The number of carboxylic acid groups (broad SMARTS) is 1. The minimum Gasteiger partial charge on any atom is -0.479 e. The Morgan fingerprint density at radius 2 is 1.42 bits per heavy atom. The van der Waals surface area contributed by atoms with E-state index in [1.54, 1.807) is 27.7 Å². The fourth-order valence-electron chi connectivity index (χ4n) is 2.81. The lowest BCUT2D eigenvalue weighted by atomic mass is 9.99. The Bertz CT molecular complexity index is 405. The maximum absolute atomic E-state index is 11.3. The molecule has 0 aromatic rings. The first-order valence-electron chi connectivity index (χ1n) is 6.28. The molecule has 7 nitrogen and oxygen atoms in total. The molecule has 0 bridgehead atoms. The molecule has 3 saturated heterocycles. The zero-order chi connectivity index (χ0) is 14.0. The zero-order valence-corrected chi connectivity index (χ0v) is 11.3. The van der Waals surface area contributed by atoms with Gasteiger partial charge in [-0.3, -0.25) is 0 Å². The molecule has 7 heteroatoms. The van der Waals surface area contributed by atoms with Crippen LogP contribution in [0, 0.1) is 0 Å². The molecule has 0 amide bonds. The highest BCUT2D eigenvalue weighted by Gasteiger charge is 2.62. The van der Waals surface area contributed by atoms with Crippen molar-refractivity contribution in [3.63, 3.8) is 0 Å². The normalized spacial score (nSPS) is 46.6. The summed E-state index contributed by atoms with van der Waals surface area (Å²) in [6.07, 6.45) is -3.58. The maximum atomic E-state index is 11.3. The molecule has 0 saturated carbocycles. The minimum atomic E-state index is -1.12. The van der Waals surface area contributed by atoms with Gasteiger partial charge in [0.05, 0.1) is 0 Å². The van der Waals surface area contributed by atoms with Crippen LogP contribution >= 0.6 is 0 Å². The van der Waals surface area contributed by atoms with Crippen molar-refractivity contribution >= 4 is 5.97 Å². The molecular formula is C12H18O7. The van der Waals surface area contributed by atoms with Gasteiger partial charge in [-0.05, 0) is 27.7 Å². The third-order valence-electron chi connectivity index (χ3n) is 3.40. The number of hydrogen-bond acceptors (Lipinski definition) is 6.